The number of rotatable bonds is 6. The second kappa shape index (κ2) is 6.40. The van der Waals surface area contributed by atoms with Crippen molar-refractivity contribution in [2.75, 3.05) is 20.1 Å². The third-order valence-corrected chi connectivity index (χ3v) is 1.97. The van der Waals surface area contributed by atoms with Crippen molar-refractivity contribution in [1.82, 2.24) is 4.90 Å². The van der Waals surface area contributed by atoms with E-state index in [1.54, 1.807) is 0 Å². The maximum atomic E-state index is 9.42. The normalized spacial score (nSPS) is 16.5. The van der Waals surface area contributed by atoms with E-state index < -0.39 is 12.2 Å². The molecule has 0 radical (unpaired) electrons. The average Bonchev–Trinajstić information content (AvgIpc) is 2.03. The van der Waals surface area contributed by atoms with Crippen LogP contribution in [0.25, 0.3) is 0 Å². The van der Waals surface area contributed by atoms with Crippen LogP contribution < -0.4 is 0 Å². The molecule has 74 valence electrons. The fourth-order valence-electron chi connectivity index (χ4n) is 1.19. The topological polar surface area (TPSA) is 43.7 Å². The zero-order valence-corrected chi connectivity index (χ0v) is 8.32. The Kier molecular flexibility index (Phi) is 6.34. The van der Waals surface area contributed by atoms with Gasteiger partial charge in [-0.2, -0.15) is 0 Å². The molecule has 0 aliphatic carbocycles. The van der Waals surface area contributed by atoms with Crippen LogP contribution in [0.3, 0.4) is 0 Å². The Morgan fingerprint density at radius 3 is 2.17 bits per heavy atom. The summed E-state index contributed by atoms with van der Waals surface area (Å²) < 4.78 is 0. The van der Waals surface area contributed by atoms with Gasteiger partial charge in [0.2, 0.25) is 0 Å². The molecule has 0 spiro atoms. The smallest absolute Gasteiger partial charge is 0.0925 e. The molecule has 0 rings (SSSR count). The summed E-state index contributed by atoms with van der Waals surface area (Å²) in [6.45, 7) is 5.49. The zero-order chi connectivity index (χ0) is 9.56. The van der Waals surface area contributed by atoms with Crippen molar-refractivity contribution in [2.45, 2.75) is 38.9 Å². The van der Waals surface area contributed by atoms with Crippen molar-refractivity contribution in [1.29, 1.82) is 0 Å². The second-order valence-electron chi connectivity index (χ2n) is 3.31. The second-order valence-corrected chi connectivity index (χ2v) is 3.31. The summed E-state index contributed by atoms with van der Waals surface area (Å²) in [6, 6.07) is 0. The fourth-order valence-corrected chi connectivity index (χ4v) is 1.19. The molecule has 0 aliphatic rings. The molecular weight excluding hydrogens is 154 g/mol. The molecule has 0 saturated heterocycles. The van der Waals surface area contributed by atoms with E-state index in [1.165, 1.54) is 0 Å². The minimum absolute atomic E-state index is 0.558. The summed E-state index contributed by atoms with van der Waals surface area (Å²) >= 11 is 0. The minimum Gasteiger partial charge on any atom is -0.390 e. The van der Waals surface area contributed by atoms with E-state index >= 15 is 0 Å². The van der Waals surface area contributed by atoms with Crippen LogP contribution in [0.5, 0.6) is 0 Å². The van der Waals surface area contributed by atoms with Crippen molar-refractivity contribution in [3.63, 3.8) is 0 Å². The maximum absolute atomic E-state index is 9.42. The molecule has 3 nitrogen and oxygen atoms in total. The van der Waals surface area contributed by atoms with Crippen LogP contribution in [0.2, 0.25) is 0 Å². The van der Waals surface area contributed by atoms with Crippen LogP contribution in [0.4, 0.5) is 0 Å². The van der Waals surface area contributed by atoms with Gasteiger partial charge in [-0.15, -0.1) is 0 Å². The first-order valence-corrected chi connectivity index (χ1v) is 4.66. The van der Waals surface area contributed by atoms with Gasteiger partial charge in [-0.05, 0) is 26.4 Å². The molecule has 0 aromatic rings. The van der Waals surface area contributed by atoms with Crippen LogP contribution in [-0.2, 0) is 0 Å². The lowest BCUT2D eigenvalue weighted by Gasteiger charge is -2.22. The van der Waals surface area contributed by atoms with E-state index in [-0.39, 0.29) is 0 Å². The first kappa shape index (κ1) is 11.9. The molecule has 3 heteroatoms. The Bertz CT molecular complexity index is 109. The van der Waals surface area contributed by atoms with Gasteiger partial charge in [0.25, 0.3) is 0 Å². The zero-order valence-electron chi connectivity index (χ0n) is 8.32. The highest BCUT2D eigenvalue weighted by atomic mass is 16.3. The molecule has 12 heavy (non-hydrogen) atoms. The third-order valence-electron chi connectivity index (χ3n) is 1.97. The third kappa shape index (κ3) is 4.70. The van der Waals surface area contributed by atoms with E-state index in [0.29, 0.717) is 13.0 Å². The molecule has 2 N–H and O–H groups in total. The highest BCUT2D eigenvalue weighted by Crippen LogP contribution is 2.00. The highest BCUT2D eigenvalue weighted by molar-refractivity contribution is 4.68. The highest BCUT2D eigenvalue weighted by Gasteiger charge is 2.15. The van der Waals surface area contributed by atoms with Gasteiger partial charge < -0.3 is 15.1 Å². The molecule has 0 bridgehead atoms. The predicted octanol–water partition coefficient (Wildman–Crippen LogP) is 0.460. The van der Waals surface area contributed by atoms with Crippen molar-refractivity contribution < 1.29 is 10.2 Å². The van der Waals surface area contributed by atoms with Crippen molar-refractivity contribution in [2.24, 2.45) is 0 Å². The van der Waals surface area contributed by atoms with Crippen LogP contribution >= 0.6 is 0 Å². The number of hydrogen-bond acceptors (Lipinski definition) is 3. The molecular formula is C9H21NO2. The monoisotopic (exact) mass is 175 g/mol. The summed E-state index contributed by atoms with van der Waals surface area (Å²) in [5.74, 6) is 0. The molecule has 0 amide bonds. The average molecular weight is 175 g/mol. The summed E-state index contributed by atoms with van der Waals surface area (Å²) in [6.07, 6.45) is 0.503. The van der Waals surface area contributed by atoms with E-state index in [9.17, 15) is 10.2 Å². The largest absolute Gasteiger partial charge is 0.390 e. The van der Waals surface area contributed by atoms with E-state index in [2.05, 4.69) is 6.92 Å². The Balaban J connectivity index is 3.59. The van der Waals surface area contributed by atoms with Crippen molar-refractivity contribution in [3.8, 4) is 0 Å². The van der Waals surface area contributed by atoms with Crippen molar-refractivity contribution in [3.05, 3.63) is 0 Å². The molecule has 0 fully saturated rings. The van der Waals surface area contributed by atoms with Gasteiger partial charge in [-0.3, -0.25) is 0 Å². The number of aliphatic hydroxyl groups is 2. The molecule has 2 atom stereocenters. The Labute approximate surface area is 75.0 Å². The first-order valence-electron chi connectivity index (χ1n) is 4.66. The molecule has 0 heterocycles. The Morgan fingerprint density at radius 2 is 1.75 bits per heavy atom. The minimum atomic E-state index is -0.605. The summed E-state index contributed by atoms with van der Waals surface area (Å²) in [4.78, 5) is 2.03. The Hall–Kier alpha value is -0.120. The van der Waals surface area contributed by atoms with Gasteiger partial charge in [0.05, 0.1) is 12.2 Å². The number of aliphatic hydroxyl groups excluding tert-OH is 2. The van der Waals surface area contributed by atoms with Crippen molar-refractivity contribution >= 4 is 0 Å². The lowest BCUT2D eigenvalue weighted by Crippen LogP contribution is -2.37. The maximum Gasteiger partial charge on any atom is 0.0925 e. The van der Waals surface area contributed by atoms with Crippen LogP contribution in [0.1, 0.15) is 26.7 Å². The van der Waals surface area contributed by atoms with E-state index in [0.717, 1.165) is 13.0 Å². The van der Waals surface area contributed by atoms with Gasteiger partial charge in [-0.25, -0.2) is 0 Å². The fraction of sp³-hybridized carbons (Fsp3) is 1.00. The van der Waals surface area contributed by atoms with Gasteiger partial charge in [0.1, 0.15) is 0 Å². The molecule has 0 saturated carbocycles. The molecule has 0 aliphatic heterocycles. The number of likely N-dealkylation sites (N-methyl/N-ethyl adjacent to an activating group) is 1. The summed E-state index contributed by atoms with van der Waals surface area (Å²) in [5, 5.41) is 18.7. The number of hydrogen-bond donors (Lipinski definition) is 2. The molecule has 0 aromatic carbocycles. The standard InChI is InChI=1S/C9H21NO2/c1-4-6-10(3)7-9(12)8(11)5-2/h8-9,11-12H,4-7H2,1-3H3. The van der Waals surface area contributed by atoms with Gasteiger partial charge in [0.15, 0.2) is 0 Å². The van der Waals surface area contributed by atoms with Crippen LogP contribution in [0, 0.1) is 0 Å². The Morgan fingerprint density at radius 1 is 1.17 bits per heavy atom. The van der Waals surface area contributed by atoms with E-state index in [4.69, 9.17) is 0 Å². The lowest BCUT2D eigenvalue weighted by molar-refractivity contribution is 0.000382. The van der Waals surface area contributed by atoms with Gasteiger partial charge in [0, 0.05) is 6.54 Å². The van der Waals surface area contributed by atoms with Gasteiger partial charge >= 0.3 is 0 Å². The summed E-state index contributed by atoms with van der Waals surface area (Å²) in [5.41, 5.74) is 0. The van der Waals surface area contributed by atoms with Crippen LogP contribution in [0.15, 0.2) is 0 Å². The molecule has 0 aromatic heterocycles. The number of nitrogens with zero attached hydrogens (tertiary/aromatic N) is 1. The predicted molar refractivity (Wildman–Crippen MR) is 50.1 cm³/mol. The summed E-state index contributed by atoms with van der Waals surface area (Å²) in [7, 11) is 1.95. The lowest BCUT2D eigenvalue weighted by atomic mass is 10.1. The van der Waals surface area contributed by atoms with Gasteiger partial charge in [-0.1, -0.05) is 13.8 Å². The SMILES string of the molecule is CCCN(C)CC(O)C(O)CC. The van der Waals surface area contributed by atoms with E-state index in [1.807, 2.05) is 18.9 Å². The van der Waals surface area contributed by atoms with Crippen LogP contribution in [-0.4, -0.2) is 47.5 Å². The quantitative estimate of drug-likeness (QED) is 0.616. The first-order chi connectivity index (χ1) is 5.61. The molecule has 2 unspecified atom stereocenters.